The Morgan fingerprint density at radius 3 is 2.74 bits per heavy atom. The highest BCUT2D eigenvalue weighted by Gasteiger charge is 2.22. The number of benzene rings is 2. The standard InChI is InChI=1S/C21H22N2O3S/c1-14-4-6-15(7-5-14)12-19-21(25)23-17-13-16(8-9-18(17)27-19)20(24)22-10-3-11-26-2/h4-9,12-13H,3,10-11H2,1-2H3,(H,22,24)(H,23,25)/b19-12+. The van der Waals surface area contributed by atoms with Crippen LogP contribution in [0.3, 0.4) is 0 Å². The Balaban J connectivity index is 1.72. The fraction of sp³-hybridized carbons (Fsp3) is 0.238. The van der Waals surface area contributed by atoms with Crippen LogP contribution in [0.25, 0.3) is 6.08 Å². The van der Waals surface area contributed by atoms with Crippen molar-refractivity contribution in [3.8, 4) is 0 Å². The van der Waals surface area contributed by atoms with Crippen molar-refractivity contribution in [3.05, 3.63) is 64.1 Å². The molecule has 5 nitrogen and oxygen atoms in total. The summed E-state index contributed by atoms with van der Waals surface area (Å²) in [7, 11) is 1.63. The van der Waals surface area contributed by atoms with Crippen LogP contribution in [0.1, 0.15) is 27.9 Å². The summed E-state index contributed by atoms with van der Waals surface area (Å²) >= 11 is 1.41. The second kappa shape index (κ2) is 8.88. The molecule has 0 saturated carbocycles. The number of ether oxygens (including phenoxy) is 1. The predicted octanol–water partition coefficient (Wildman–Crippen LogP) is 3.85. The van der Waals surface area contributed by atoms with Crippen molar-refractivity contribution >= 4 is 35.3 Å². The lowest BCUT2D eigenvalue weighted by molar-refractivity contribution is -0.112. The van der Waals surface area contributed by atoms with Crippen LogP contribution >= 0.6 is 11.8 Å². The Labute approximate surface area is 163 Å². The van der Waals surface area contributed by atoms with Gasteiger partial charge in [0, 0.05) is 30.7 Å². The third kappa shape index (κ3) is 4.99. The van der Waals surface area contributed by atoms with Gasteiger partial charge in [0.25, 0.3) is 11.8 Å². The van der Waals surface area contributed by atoms with Gasteiger partial charge in [0.05, 0.1) is 10.6 Å². The molecule has 1 aliphatic rings. The van der Waals surface area contributed by atoms with Crippen molar-refractivity contribution in [1.29, 1.82) is 0 Å². The number of carbonyl (C=O) groups excluding carboxylic acids is 2. The quantitative estimate of drug-likeness (QED) is 0.588. The van der Waals surface area contributed by atoms with Crippen molar-refractivity contribution in [2.24, 2.45) is 0 Å². The number of carbonyl (C=O) groups is 2. The van der Waals surface area contributed by atoms with Crippen molar-refractivity contribution < 1.29 is 14.3 Å². The van der Waals surface area contributed by atoms with Gasteiger partial charge in [-0.3, -0.25) is 9.59 Å². The van der Waals surface area contributed by atoms with E-state index in [1.807, 2.05) is 43.3 Å². The number of hydrogen-bond donors (Lipinski definition) is 2. The second-order valence-electron chi connectivity index (χ2n) is 6.29. The summed E-state index contributed by atoms with van der Waals surface area (Å²) in [5.41, 5.74) is 3.35. The normalized spacial score (nSPS) is 14.6. The van der Waals surface area contributed by atoms with E-state index in [0.717, 1.165) is 16.9 Å². The lowest BCUT2D eigenvalue weighted by Gasteiger charge is -2.19. The number of hydrogen-bond acceptors (Lipinski definition) is 4. The van der Waals surface area contributed by atoms with Gasteiger partial charge in [-0.15, -0.1) is 0 Å². The minimum Gasteiger partial charge on any atom is -0.385 e. The molecule has 0 fully saturated rings. The Hall–Kier alpha value is -2.57. The van der Waals surface area contributed by atoms with E-state index in [4.69, 9.17) is 4.74 Å². The molecule has 6 heteroatoms. The third-order valence-electron chi connectivity index (χ3n) is 4.12. The maximum atomic E-state index is 12.4. The highest BCUT2D eigenvalue weighted by molar-refractivity contribution is 8.04. The molecule has 0 unspecified atom stereocenters. The molecule has 2 aromatic rings. The summed E-state index contributed by atoms with van der Waals surface area (Å²) in [4.78, 5) is 26.2. The molecule has 1 aliphatic heterocycles. The molecule has 0 aromatic heterocycles. The highest BCUT2D eigenvalue weighted by Crippen LogP contribution is 2.39. The van der Waals surface area contributed by atoms with Crippen molar-refractivity contribution in [2.45, 2.75) is 18.2 Å². The number of thioether (sulfide) groups is 1. The number of nitrogens with one attached hydrogen (secondary N) is 2. The van der Waals surface area contributed by atoms with E-state index < -0.39 is 0 Å². The zero-order chi connectivity index (χ0) is 19.2. The minimum atomic E-state index is -0.161. The van der Waals surface area contributed by atoms with E-state index in [-0.39, 0.29) is 11.8 Å². The molecule has 0 saturated heterocycles. The van der Waals surface area contributed by atoms with Crippen LogP contribution in [0.15, 0.2) is 52.3 Å². The zero-order valence-corrected chi connectivity index (χ0v) is 16.2. The Morgan fingerprint density at radius 1 is 1.22 bits per heavy atom. The van der Waals surface area contributed by atoms with Crippen LogP contribution in [0.5, 0.6) is 0 Å². The van der Waals surface area contributed by atoms with Crippen LogP contribution < -0.4 is 10.6 Å². The zero-order valence-electron chi connectivity index (χ0n) is 15.4. The number of methoxy groups -OCH3 is 1. The van der Waals surface area contributed by atoms with E-state index >= 15 is 0 Å². The molecule has 2 amide bonds. The van der Waals surface area contributed by atoms with E-state index in [0.29, 0.717) is 29.3 Å². The minimum absolute atomic E-state index is 0.158. The van der Waals surface area contributed by atoms with Crippen LogP contribution in [-0.2, 0) is 9.53 Å². The molecular formula is C21H22N2O3S. The molecule has 0 spiro atoms. The topological polar surface area (TPSA) is 67.4 Å². The average molecular weight is 382 g/mol. The fourth-order valence-electron chi connectivity index (χ4n) is 2.64. The molecular weight excluding hydrogens is 360 g/mol. The number of aryl methyl sites for hydroxylation is 1. The monoisotopic (exact) mass is 382 g/mol. The van der Waals surface area contributed by atoms with E-state index in [1.165, 1.54) is 17.3 Å². The summed E-state index contributed by atoms with van der Waals surface area (Å²) in [5.74, 6) is -0.320. The van der Waals surface area contributed by atoms with Gasteiger partial charge >= 0.3 is 0 Å². The smallest absolute Gasteiger partial charge is 0.262 e. The van der Waals surface area contributed by atoms with E-state index in [2.05, 4.69) is 10.6 Å². The van der Waals surface area contributed by atoms with Gasteiger partial charge in [0.15, 0.2) is 0 Å². The van der Waals surface area contributed by atoms with Gasteiger partial charge in [-0.05, 0) is 43.2 Å². The molecule has 2 aromatic carbocycles. The largest absolute Gasteiger partial charge is 0.385 e. The Kier molecular flexibility index (Phi) is 6.32. The number of fused-ring (bicyclic) bond motifs is 1. The van der Waals surface area contributed by atoms with Crippen LogP contribution in [0.4, 0.5) is 5.69 Å². The molecule has 0 aliphatic carbocycles. The Bertz CT molecular complexity index is 875. The summed E-state index contributed by atoms with van der Waals surface area (Å²) in [6, 6.07) is 13.4. The second-order valence-corrected chi connectivity index (χ2v) is 7.37. The molecule has 0 bridgehead atoms. The summed E-state index contributed by atoms with van der Waals surface area (Å²) in [6.45, 7) is 3.18. The SMILES string of the molecule is COCCCNC(=O)c1ccc2c(c1)NC(=O)/C(=C\c1ccc(C)cc1)S2. The van der Waals surface area contributed by atoms with Gasteiger partial charge in [-0.1, -0.05) is 41.6 Å². The van der Waals surface area contributed by atoms with Gasteiger partial charge in [0.2, 0.25) is 0 Å². The van der Waals surface area contributed by atoms with Gasteiger partial charge in [-0.2, -0.15) is 0 Å². The van der Waals surface area contributed by atoms with Gasteiger partial charge in [-0.25, -0.2) is 0 Å². The third-order valence-corrected chi connectivity index (χ3v) is 5.22. The first kappa shape index (κ1) is 19.2. The average Bonchev–Trinajstić information content (AvgIpc) is 2.67. The molecule has 3 rings (SSSR count). The molecule has 0 atom stereocenters. The number of rotatable bonds is 6. The predicted molar refractivity (Wildman–Crippen MR) is 109 cm³/mol. The van der Waals surface area contributed by atoms with Crippen molar-refractivity contribution in [2.75, 3.05) is 25.6 Å². The maximum Gasteiger partial charge on any atom is 0.262 e. The van der Waals surface area contributed by atoms with Crippen LogP contribution in [-0.4, -0.2) is 32.1 Å². The summed E-state index contributed by atoms with van der Waals surface area (Å²) in [5, 5.41) is 5.73. The number of anilines is 1. The summed E-state index contributed by atoms with van der Waals surface area (Å²) < 4.78 is 4.97. The van der Waals surface area contributed by atoms with E-state index in [9.17, 15) is 9.59 Å². The maximum absolute atomic E-state index is 12.4. The molecule has 140 valence electrons. The van der Waals surface area contributed by atoms with E-state index in [1.54, 1.807) is 19.2 Å². The molecule has 2 N–H and O–H groups in total. The van der Waals surface area contributed by atoms with Crippen LogP contribution in [0.2, 0.25) is 0 Å². The highest BCUT2D eigenvalue weighted by atomic mass is 32.2. The lowest BCUT2D eigenvalue weighted by atomic mass is 10.1. The first-order valence-electron chi connectivity index (χ1n) is 8.75. The molecule has 0 radical (unpaired) electrons. The molecule has 27 heavy (non-hydrogen) atoms. The fourth-order valence-corrected chi connectivity index (χ4v) is 3.57. The first-order chi connectivity index (χ1) is 13.1. The van der Waals surface area contributed by atoms with Crippen molar-refractivity contribution in [1.82, 2.24) is 5.32 Å². The summed E-state index contributed by atoms with van der Waals surface area (Å²) in [6.07, 6.45) is 2.63. The lowest BCUT2D eigenvalue weighted by Crippen LogP contribution is -2.25. The first-order valence-corrected chi connectivity index (χ1v) is 9.57. The number of amides is 2. The molecule has 1 heterocycles. The van der Waals surface area contributed by atoms with Crippen molar-refractivity contribution in [3.63, 3.8) is 0 Å². The van der Waals surface area contributed by atoms with Crippen LogP contribution in [0, 0.1) is 6.92 Å². The van der Waals surface area contributed by atoms with Gasteiger partial charge < -0.3 is 15.4 Å². The van der Waals surface area contributed by atoms with Gasteiger partial charge in [0.1, 0.15) is 0 Å². The Morgan fingerprint density at radius 2 is 2.00 bits per heavy atom.